The molecule has 0 bridgehead atoms. The van der Waals surface area contributed by atoms with Crippen LogP contribution in [0.5, 0.6) is 5.88 Å². The first-order chi connectivity index (χ1) is 12.8. The summed E-state index contributed by atoms with van der Waals surface area (Å²) in [6, 6.07) is 3.40. The van der Waals surface area contributed by atoms with Crippen molar-refractivity contribution in [2.24, 2.45) is 0 Å². The van der Waals surface area contributed by atoms with Crippen LogP contribution in [0.15, 0.2) is 35.5 Å². The van der Waals surface area contributed by atoms with Crippen LogP contribution in [0.4, 0.5) is 10.2 Å². The molecule has 27 heavy (non-hydrogen) atoms. The fourth-order valence-electron chi connectivity index (χ4n) is 2.87. The third-order valence-corrected chi connectivity index (χ3v) is 6.37. The molecule has 1 aliphatic rings. The summed E-state index contributed by atoms with van der Waals surface area (Å²) in [6.07, 6.45) is 4.06. The number of sulfonamides is 1. The number of nitrogens with zero attached hydrogens (tertiary/aromatic N) is 4. The molecule has 2 heterocycles. The van der Waals surface area contributed by atoms with Gasteiger partial charge >= 0.3 is 0 Å². The molecule has 1 aromatic carbocycles. The van der Waals surface area contributed by atoms with Gasteiger partial charge in [-0.2, -0.15) is 4.31 Å². The lowest BCUT2D eigenvalue weighted by Gasteiger charge is -2.32. The van der Waals surface area contributed by atoms with Gasteiger partial charge in [0.2, 0.25) is 10.0 Å². The average Bonchev–Trinajstić information content (AvgIpc) is 2.64. The van der Waals surface area contributed by atoms with E-state index in [0.717, 1.165) is 12.1 Å². The van der Waals surface area contributed by atoms with E-state index in [4.69, 9.17) is 16.3 Å². The molecule has 10 heteroatoms. The first-order valence-electron chi connectivity index (χ1n) is 8.39. The number of rotatable bonds is 5. The van der Waals surface area contributed by atoms with Gasteiger partial charge in [-0.15, -0.1) is 0 Å². The monoisotopic (exact) mass is 414 g/mol. The van der Waals surface area contributed by atoms with Gasteiger partial charge in [-0.1, -0.05) is 11.6 Å². The molecule has 1 atom stereocenters. The highest BCUT2D eigenvalue weighted by Crippen LogP contribution is 2.28. The van der Waals surface area contributed by atoms with E-state index in [0.29, 0.717) is 31.1 Å². The summed E-state index contributed by atoms with van der Waals surface area (Å²) in [6.45, 7) is 0.527. The third-order valence-electron chi connectivity index (χ3n) is 4.22. The zero-order valence-electron chi connectivity index (χ0n) is 15.0. The molecule has 1 saturated heterocycles. The van der Waals surface area contributed by atoms with E-state index >= 15 is 0 Å². The van der Waals surface area contributed by atoms with Crippen molar-refractivity contribution in [3.63, 3.8) is 0 Å². The van der Waals surface area contributed by atoms with Gasteiger partial charge < -0.3 is 9.64 Å². The average molecular weight is 415 g/mol. The minimum absolute atomic E-state index is 0.0389. The predicted molar refractivity (Wildman–Crippen MR) is 100 cm³/mol. The zero-order valence-corrected chi connectivity index (χ0v) is 16.5. The molecule has 1 fully saturated rings. The van der Waals surface area contributed by atoms with E-state index in [9.17, 15) is 12.8 Å². The highest BCUT2D eigenvalue weighted by Gasteiger charge is 2.32. The molecule has 1 aromatic heterocycles. The van der Waals surface area contributed by atoms with Crippen LogP contribution >= 0.6 is 11.6 Å². The maximum atomic E-state index is 13.4. The molecule has 146 valence electrons. The SMILES string of the molecule is CN(C)c1nccnc1OC1CCCN(S(=O)(=O)c2ccc(F)c(Cl)c2)C1. The number of aromatic nitrogens is 2. The van der Waals surface area contributed by atoms with Crippen LogP contribution < -0.4 is 9.64 Å². The lowest BCUT2D eigenvalue weighted by atomic mass is 10.1. The van der Waals surface area contributed by atoms with E-state index < -0.39 is 15.8 Å². The van der Waals surface area contributed by atoms with Crippen molar-refractivity contribution in [3.05, 3.63) is 41.4 Å². The second-order valence-corrected chi connectivity index (χ2v) is 8.75. The van der Waals surface area contributed by atoms with Crippen molar-refractivity contribution in [2.75, 3.05) is 32.1 Å². The largest absolute Gasteiger partial charge is 0.470 e. The predicted octanol–water partition coefficient (Wildman–Crippen LogP) is 2.57. The Morgan fingerprint density at radius 3 is 2.74 bits per heavy atom. The lowest BCUT2D eigenvalue weighted by molar-refractivity contribution is 0.125. The normalized spacial score (nSPS) is 18.3. The van der Waals surface area contributed by atoms with E-state index in [1.165, 1.54) is 16.6 Å². The summed E-state index contributed by atoms with van der Waals surface area (Å²) in [5, 5.41) is -0.226. The Morgan fingerprint density at radius 1 is 1.30 bits per heavy atom. The molecule has 0 spiro atoms. The van der Waals surface area contributed by atoms with E-state index in [-0.39, 0.29) is 22.6 Å². The first kappa shape index (κ1) is 19.8. The van der Waals surface area contributed by atoms with Crippen molar-refractivity contribution in [1.82, 2.24) is 14.3 Å². The molecular formula is C17H20ClFN4O3S. The summed E-state index contributed by atoms with van der Waals surface area (Å²) < 4.78 is 46.4. The fraction of sp³-hybridized carbons (Fsp3) is 0.412. The molecular weight excluding hydrogens is 395 g/mol. The minimum atomic E-state index is -3.80. The van der Waals surface area contributed by atoms with Gasteiger partial charge in [-0.25, -0.2) is 22.8 Å². The summed E-state index contributed by atoms with van der Waals surface area (Å²) in [4.78, 5) is 10.2. The van der Waals surface area contributed by atoms with Crippen molar-refractivity contribution in [1.29, 1.82) is 0 Å². The van der Waals surface area contributed by atoms with Crippen molar-refractivity contribution < 1.29 is 17.5 Å². The zero-order chi connectivity index (χ0) is 19.6. The minimum Gasteiger partial charge on any atom is -0.470 e. The number of hydrogen-bond acceptors (Lipinski definition) is 6. The Balaban J connectivity index is 1.79. The Labute approximate surface area is 162 Å². The smallest absolute Gasteiger partial charge is 0.257 e. The standard InChI is InChI=1S/C17H20ClFN4O3S/c1-22(2)16-17(21-8-7-20-16)26-12-4-3-9-23(11-12)27(24,25)13-5-6-15(19)14(18)10-13/h5-8,10,12H,3-4,9,11H2,1-2H3. The molecule has 2 aromatic rings. The molecule has 3 rings (SSSR count). The Bertz CT molecular complexity index is 926. The number of halogens is 2. The van der Waals surface area contributed by atoms with Gasteiger partial charge in [-0.3, -0.25) is 0 Å². The summed E-state index contributed by atoms with van der Waals surface area (Å²) in [5.41, 5.74) is 0. The Kier molecular flexibility index (Phi) is 5.83. The van der Waals surface area contributed by atoms with Crippen LogP contribution in [0, 0.1) is 5.82 Å². The molecule has 0 radical (unpaired) electrons. The highest BCUT2D eigenvalue weighted by atomic mass is 35.5. The van der Waals surface area contributed by atoms with Crippen molar-refractivity contribution >= 4 is 27.4 Å². The quantitative estimate of drug-likeness (QED) is 0.748. The van der Waals surface area contributed by atoms with Crippen molar-refractivity contribution in [3.8, 4) is 5.88 Å². The molecule has 0 N–H and O–H groups in total. The van der Waals surface area contributed by atoms with E-state index in [1.54, 1.807) is 11.1 Å². The van der Waals surface area contributed by atoms with Crippen LogP contribution in [0.25, 0.3) is 0 Å². The van der Waals surface area contributed by atoms with E-state index in [1.807, 2.05) is 14.1 Å². The van der Waals surface area contributed by atoms with Crippen LogP contribution in [0.2, 0.25) is 5.02 Å². The van der Waals surface area contributed by atoms with Crippen molar-refractivity contribution in [2.45, 2.75) is 23.8 Å². The molecule has 1 unspecified atom stereocenters. The van der Waals surface area contributed by atoms with Gasteiger partial charge in [0.1, 0.15) is 11.9 Å². The summed E-state index contributed by atoms with van der Waals surface area (Å²) in [5.74, 6) is 0.272. The number of benzene rings is 1. The molecule has 7 nitrogen and oxygen atoms in total. The number of anilines is 1. The molecule has 1 aliphatic heterocycles. The van der Waals surface area contributed by atoms with Crippen LogP contribution in [-0.2, 0) is 10.0 Å². The van der Waals surface area contributed by atoms with Gasteiger partial charge in [0.15, 0.2) is 5.82 Å². The maximum Gasteiger partial charge on any atom is 0.257 e. The van der Waals surface area contributed by atoms with Crippen LogP contribution in [0.3, 0.4) is 0 Å². The van der Waals surface area contributed by atoms with Gasteiger partial charge in [-0.05, 0) is 31.0 Å². The highest BCUT2D eigenvalue weighted by molar-refractivity contribution is 7.89. The molecule has 0 saturated carbocycles. The first-order valence-corrected chi connectivity index (χ1v) is 10.2. The Hall–Kier alpha value is -1.97. The van der Waals surface area contributed by atoms with Gasteiger partial charge in [0.05, 0.1) is 16.5 Å². The lowest BCUT2D eigenvalue weighted by Crippen LogP contribution is -2.44. The fourth-order valence-corrected chi connectivity index (χ4v) is 4.65. The van der Waals surface area contributed by atoms with Crippen LogP contribution in [0.1, 0.15) is 12.8 Å². The Morgan fingerprint density at radius 2 is 2.04 bits per heavy atom. The van der Waals surface area contributed by atoms with E-state index in [2.05, 4.69) is 9.97 Å². The number of piperidine rings is 1. The number of ether oxygens (including phenoxy) is 1. The summed E-state index contributed by atoms with van der Waals surface area (Å²) >= 11 is 5.74. The molecule has 0 aliphatic carbocycles. The summed E-state index contributed by atoms with van der Waals surface area (Å²) in [7, 11) is -0.145. The third kappa shape index (κ3) is 4.31. The number of hydrogen-bond donors (Lipinski definition) is 0. The maximum absolute atomic E-state index is 13.4. The van der Waals surface area contributed by atoms with Gasteiger partial charge in [0, 0.05) is 33.0 Å². The topological polar surface area (TPSA) is 75.6 Å². The second-order valence-electron chi connectivity index (χ2n) is 6.40. The molecule has 0 amide bonds. The second kappa shape index (κ2) is 7.95. The van der Waals surface area contributed by atoms with Crippen LogP contribution in [-0.4, -0.2) is 56.0 Å². The van der Waals surface area contributed by atoms with Gasteiger partial charge in [0.25, 0.3) is 5.88 Å².